The predicted octanol–water partition coefficient (Wildman–Crippen LogP) is 4.10. The number of rotatable bonds is 6. The molecule has 2 aromatic rings. The molecular formula is C20H25FN2O2S. The largest absolute Gasteiger partial charge is 0.496 e. The molecule has 1 N–H and O–H groups in total. The van der Waals surface area contributed by atoms with Crippen molar-refractivity contribution in [3.63, 3.8) is 0 Å². The number of thiophene rings is 1. The van der Waals surface area contributed by atoms with E-state index in [2.05, 4.69) is 28.6 Å². The SMILES string of the molecule is COc1ccc(F)cc1C(=O)NCC(c1cccs1)N1CCC(C)CC1. The van der Waals surface area contributed by atoms with Crippen LogP contribution in [0.3, 0.4) is 0 Å². The summed E-state index contributed by atoms with van der Waals surface area (Å²) in [5, 5.41) is 5.04. The summed E-state index contributed by atoms with van der Waals surface area (Å²) in [6, 6.07) is 8.29. The quantitative estimate of drug-likeness (QED) is 0.825. The lowest BCUT2D eigenvalue weighted by molar-refractivity contribution is 0.0911. The Hall–Kier alpha value is -1.92. The van der Waals surface area contributed by atoms with E-state index in [0.29, 0.717) is 12.3 Å². The molecule has 0 spiro atoms. The molecule has 0 saturated carbocycles. The fourth-order valence-corrected chi connectivity index (χ4v) is 4.23. The van der Waals surface area contributed by atoms with Gasteiger partial charge in [-0.2, -0.15) is 0 Å². The number of benzene rings is 1. The topological polar surface area (TPSA) is 41.6 Å². The Morgan fingerprint density at radius 3 is 2.81 bits per heavy atom. The van der Waals surface area contributed by atoms with Crippen LogP contribution in [0.5, 0.6) is 5.75 Å². The van der Waals surface area contributed by atoms with Gasteiger partial charge in [-0.3, -0.25) is 9.69 Å². The second-order valence-corrected chi connectivity index (χ2v) is 7.78. The third-order valence-corrected chi connectivity index (χ3v) is 5.97. The molecule has 0 radical (unpaired) electrons. The normalized spacial score (nSPS) is 17.0. The molecule has 4 nitrogen and oxygen atoms in total. The van der Waals surface area contributed by atoms with Gasteiger partial charge in [0, 0.05) is 11.4 Å². The van der Waals surface area contributed by atoms with Crippen LogP contribution in [-0.4, -0.2) is 37.6 Å². The molecule has 1 saturated heterocycles. The maximum Gasteiger partial charge on any atom is 0.255 e. The molecule has 1 aliphatic rings. The van der Waals surface area contributed by atoms with Crippen molar-refractivity contribution < 1.29 is 13.9 Å². The van der Waals surface area contributed by atoms with E-state index in [9.17, 15) is 9.18 Å². The average molecular weight is 376 g/mol. The highest BCUT2D eigenvalue weighted by atomic mass is 32.1. The lowest BCUT2D eigenvalue weighted by atomic mass is 9.97. The molecule has 0 bridgehead atoms. The minimum atomic E-state index is -0.448. The number of piperidine rings is 1. The molecule has 1 unspecified atom stereocenters. The minimum Gasteiger partial charge on any atom is -0.496 e. The Labute approximate surface area is 158 Å². The van der Waals surface area contributed by atoms with Crippen LogP contribution >= 0.6 is 11.3 Å². The van der Waals surface area contributed by atoms with E-state index in [-0.39, 0.29) is 17.5 Å². The Morgan fingerprint density at radius 2 is 2.15 bits per heavy atom. The van der Waals surface area contributed by atoms with E-state index in [0.717, 1.165) is 19.0 Å². The van der Waals surface area contributed by atoms with Gasteiger partial charge in [-0.15, -0.1) is 11.3 Å². The number of halogens is 1. The number of likely N-dealkylation sites (tertiary alicyclic amines) is 1. The number of ether oxygens (including phenoxy) is 1. The van der Waals surface area contributed by atoms with Gasteiger partial charge in [-0.1, -0.05) is 13.0 Å². The maximum absolute atomic E-state index is 13.6. The third-order valence-electron chi connectivity index (χ3n) is 4.99. The number of amides is 1. The molecule has 26 heavy (non-hydrogen) atoms. The molecule has 1 fully saturated rings. The van der Waals surface area contributed by atoms with Crippen molar-refractivity contribution in [2.45, 2.75) is 25.8 Å². The van der Waals surface area contributed by atoms with Gasteiger partial charge >= 0.3 is 0 Å². The molecule has 1 aliphatic heterocycles. The highest BCUT2D eigenvalue weighted by Gasteiger charge is 2.26. The van der Waals surface area contributed by atoms with Crippen LogP contribution in [-0.2, 0) is 0 Å². The van der Waals surface area contributed by atoms with Gasteiger partial charge in [0.2, 0.25) is 0 Å². The summed E-state index contributed by atoms with van der Waals surface area (Å²) < 4.78 is 18.7. The van der Waals surface area contributed by atoms with Crippen LogP contribution in [0.1, 0.15) is 41.0 Å². The van der Waals surface area contributed by atoms with Crippen LogP contribution in [0.4, 0.5) is 4.39 Å². The highest BCUT2D eigenvalue weighted by molar-refractivity contribution is 7.10. The summed E-state index contributed by atoms with van der Waals surface area (Å²) in [6.45, 7) is 4.84. The van der Waals surface area contributed by atoms with Crippen LogP contribution in [0, 0.1) is 11.7 Å². The smallest absolute Gasteiger partial charge is 0.255 e. The van der Waals surface area contributed by atoms with Gasteiger partial charge in [0.1, 0.15) is 11.6 Å². The lowest BCUT2D eigenvalue weighted by Gasteiger charge is -2.36. The van der Waals surface area contributed by atoms with E-state index in [4.69, 9.17) is 4.74 Å². The number of carbonyl (C=O) groups excluding carboxylic acids is 1. The number of hydrogen-bond acceptors (Lipinski definition) is 4. The monoisotopic (exact) mass is 376 g/mol. The first-order chi connectivity index (χ1) is 12.6. The first kappa shape index (κ1) is 18.9. The van der Waals surface area contributed by atoms with E-state index in [1.807, 2.05) is 6.07 Å². The van der Waals surface area contributed by atoms with Crippen molar-refractivity contribution in [3.8, 4) is 5.75 Å². The molecule has 1 amide bonds. The van der Waals surface area contributed by atoms with Crippen LogP contribution in [0.15, 0.2) is 35.7 Å². The first-order valence-electron chi connectivity index (χ1n) is 8.97. The molecule has 0 aliphatic carbocycles. The molecule has 6 heteroatoms. The fraction of sp³-hybridized carbons (Fsp3) is 0.450. The number of nitrogens with one attached hydrogen (secondary N) is 1. The number of carbonyl (C=O) groups is 1. The summed E-state index contributed by atoms with van der Waals surface area (Å²) in [4.78, 5) is 16.3. The molecule has 1 atom stereocenters. The van der Waals surface area contributed by atoms with Gasteiger partial charge in [0.25, 0.3) is 5.91 Å². The molecule has 2 heterocycles. The average Bonchev–Trinajstić information content (AvgIpc) is 3.17. The van der Waals surface area contributed by atoms with Gasteiger partial charge in [0.05, 0.1) is 18.7 Å². The zero-order valence-corrected chi connectivity index (χ0v) is 16.0. The number of nitrogens with zero attached hydrogens (tertiary/aromatic N) is 1. The standard InChI is InChI=1S/C20H25FN2O2S/c1-14-7-9-23(10-8-14)17(19-4-3-11-26-19)13-22-20(24)16-12-15(21)5-6-18(16)25-2/h3-6,11-12,14,17H,7-10,13H2,1-2H3,(H,22,24). The molecule has 1 aromatic heterocycles. The van der Waals surface area contributed by atoms with Crippen LogP contribution < -0.4 is 10.1 Å². The zero-order valence-electron chi connectivity index (χ0n) is 15.2. The second kappa shape index (κ2) is 8.64. The number of methoxy groups -OCH3 is 1. The molecular weight excluding hydrogens is 351 g/mol. The van der Waals surface area contributed by atoms with Crippen molar-refractivity contribution in [1.82, 2.24) is 10.2 Å². The Morgan fingerprint density at radius 1 is 1.38 bits per heavy atom. The van der Waals surface area contributed by atoms with Gasteiger partial charge in [-0.05, 0) is 61.5 Å². The molecule has 1 aromatic carbocycles. The Kier molecular flexibility index (Phi) is 6.27. The van der Waals surface area contributed by atoms with Crippen molar-refractivity contribution >= 4 is 17.2 Å². The first-order valence-corrected chi connectivity index (χ1v) is 9.85. The van der Waals surface area contributed by atoms with Gasteiger partial charge < -0.3 is 10.1 Å². The van der Waals surface area contributed by atoms with Crippen LogP contribution in [0.25, 0.3) is 0 Å². The Balaban J connectivity index is 1.72. The van der Waals surface area contributed by atoms with E-state index >= 15 is 0 Å². The highest BCUT2D eigenvalue weighted by Crippen LogP contribution is 2.29. The lowest BCUT2D eigenvalue weighted by Crippen LogP contribution is -2.41. The second-order valence-electron chi connectivity index (χ2n) is 6.80. The molecule has 140 valence electrons. The molecule has 3 rings (SSSR count). The van der Waals surface area contributed by atoms with Crippen molar-refractivity contribution in [2.75, 3.05) is 26.7 Å². The van der Waals surface area contributed by atoms with Crippen molar-refractivity contribution in [1.29, 1.82) is 0 Å². The summed E-state index contributed by atoms with van der Waals surface area (Å²) in [7, 11) is 1.48. The predicted molar refractivity (Wildman–Crippen MR) is 102 cm³/mol. The maximum atomic E-state index is 13.6. The van der Waals surface area contributed by atoms with E-state index in [1.165, 1.54) is 43.0 Å². The summed E-state index contributed by atoms with van der Waals surface area (Å²) in [5.74, 6) is 0.369. The third kappa shape index (κ3) is 4.43. The fourth-order valence-electron chi connectivity index (χ4n) is 3.37. The summed E-state index contributed by atoms with van der Waals surface area (Å²) in [5.41, 5.74) is 0.227. The minimum absolute atomic E-state index is 0.144. The van der Waals surface area contributed by atoms with E-state index < -0.39 is 5.82 Å². The van der Waals surface area contributed by atoms with E-state index in [1.54, 1.807) is 11.3 Å². The Bertz CT molecular complexity index is 727. The summed E-state index contributed by atoms with van der Waals surface area (Å²) in [6.07, 6.45) is 2.35. The van der Waals surface area contributed by atoms with Crippen molar-refractivity contribution in [2.24, 2.45) is 5.92 Å². The van der Waals surface area contributed by atoms with Gasteiger partial charge in [0.15, 0.2) is 0 Å². The van der Waals surface area contributed by atoms with Crippen LogP contribution in [0.2, 0.25) is 0 Å². The van der Waals surface area contributed by atoms with Crippen molar-refractivity contribution in [3.05, 3.63) is 52.0 Å². The van der Waals surface area contributed by atoms with Gasteiger partial charge in [-0.25, -0.2) is 4.39 Å². The number of hydrogen-bond donors (Lipinski definition) is 1. The summed E-state index contributed by atoms with van der Waals surface area (Å²) >= 11 is 1.71. The zero-order chi connectivity index (χ0) is 18.5.